The van der Waals surface area contributed by atoms with Crippen LogP contribution in [-0.4, -0.2) is 35.7 Å². The monoisotopic (exact) mass is 480 g/mol. The number of hydrogen-bond donors (Lipinski definition) is 2. The van der Waals surface area contributed by atoms with E-state index in [1.165, 1.54) is 4.68 Å². The Hall–Kier alpha value is -2.01. The second-order valence-electron chi connectivity index (χ2n) is 5.80. The first-order valence-electron chi connectivity index (χ1n) is 8.23. The zero-order valence-electron chi connectivity index (χ0n) is 15.5. The van der Waals surface area contributed by atoms with Crippen molar-refractivity contribution in [3.05, 3.63) is 34.1 Å². The molecule has 0 unspecified atom stereocenters. The Morgan fingerprint density at radius 1 is 1.21 bits per heavy atom. The Morgan fingerprint density at radius 3 is 2.32 bits per heavy atom. The molecule has 2 aromatic rings. The maximum atomic E-state index is 12.9. The summed E-state index contributed by atoms with van der Waals surface area (Å²) in [4.78, 5) is 0. The molecule has 154 valence electrons. The van der Waals surface area contributed by atoms with Gasteiger partial charge in [-0.3, -0.25) is 4.68 Å². The molecule has 0 radical (unpaired) electrons. The van der Waals surface area contributed by atoms with Gasteiger partial charge in [-0.25, -0.2) is 0 Å². The van der Waals surface area contributed by atoms with Gasteiger partial charge in [0.25, 0.3) is 0 Å². The Labute approximate surface area is 174 Å². The summed E-state index contributed by atoms with van der Waals surface area (Å²) in [7, 11) is 3.10. The average Bonchev–Trinajstić information content (AvgIpc) is 2.93. The van der Waals surface area contributed by atoms with Gasteiger partial charge in [-0.1, -0.05) is 0 Å². The number of anilines is 1. The van der Waals surface area contributed by atoms with E-state index < -0.39 is 11.9 Å². The van der Waals surface area contributed by atoms with Crippen LogP contribution in [0.4, 0.5) is 18.9 Å². The van der Waals surface area contributed by atoms with E-state index in [1.807, 2.05) is 0 Å². The van der Waals surface area contributed by atoms with Crippen molar-refractivity contribution in [1.29, 1.82) is 0 Å². The van der Waals surface area contributed by atoms with E-state index in [-0.39, 0.29) is 4.47 Å². The predicted octanol–water partition coefficient (Wildman–Crippen LogP) is 4.37. The van der Waals surface area contributed by atoms with Crippen LogP contribution in [0.15, 0.2) is 22.7 Å². The molecule has 1 aromatic heterocycles. The molecule has 0 aliphatic carbocycles. The molecule has 1 aromatic carbocycles. The fraction of sp³-hybridized carbons (Fsp3) is 0.412. The van der Waals surface area contributed by atoms with Crippen LogP contribution in [0.3, 0.4) is 0 Å². The quantitative estimate of drug-likeness (QED) is 0.453. The van der Waals surface area contributed by atoms with E-state index in [4.69, 9.17) is 21.7 Å². The highest BCUT2D eigenvalue weighted by atomic mass is 79.9. The number of nitrogens with one attached hydrogen (secondary N) is 2. The third-order valence-electron chi connectivity index (χ3n) is 3.84. The molecular weight excluding hydrogens is 461 g/mol. The number of rotatable bonds is 7. The molecule has 2 rings (SSSR count). The fourth-order valence-corrected chi connectivity index (χ4v) is 3.14. The van der Waals surface area contributed by atoms with E-state index in [9.17, 15) is 13.2 Å². The Balaban J connectivity index is 1.87. The first-order chi connectivity index (χ1) is 13.2. The molecule has 0 aliphatic heterocycles. The molecule has 28 heavy (non-hydrogen) atoms. The maximum absolute atomic E-state index is 12.9. The van der Waals surface area contributed by atoms with Gasteiger partial charge in [0.05, 0.1) is 24.4 Å². The van der Waals surface area contributed by atoms with E-state index in [2.05, 4.69) is 31.7 Å². The molecule has 0 amide bonds. The normalized spacial score (nSPS) is 11.2. The Bertz CT molecular complexity index is 820. The lowest BCUT2D eigenvalue weighted by Gasteiger charge is -2.13. The number of alkyl halides is 3. The van der Waals surface area contributed by atoms with Crippen LogP contribution in [0.25, 0.3) is 0 Å². The highest BCUT2D eigenvalue weighted by Crippen LogP contribution is 2.35. The minimum atomic E-state index is -4.49. The van der Waals surface area contributed by atoms with Gasteiger partial charge in [0.2, 0.25) is 0 Å². The van der Waals surface area contributed by atoms with Gasteiger partial charge in [-0.2, -0.15) is 18.3 Å². The minimum Gasteiger partial charge on any atom is -0.497 e. The summed E-state index contributed by atoms with van der Waals surface area (Å²) in [5.74, 6) is 1.23. The molecule has 0 bridgehead atoms. The molecule has 2 N–H and O–H groups in total. The molecule has 0 aliphatic rings. The topological polar surface area (TPSA) is 60.3 Å². The second-order valence-corrected chi connectivity index (χ2v) is 7.01. The van der Waals surface area contributed by atoms with Crippen molar-refractivity contribution >= 4 is 38.9 Å². The number of benzene rings is 1. The number of aryl methyl sites for hydroxylation is 1. The third-order valence-corrected chi connectivity index (χ3v) is 5.04. The summed E-state index contributed by atoms with van der Waals surface area (Å²) in [5, 5.41) is 10.1. The minimum absolute atomic E-state index is 0.0304. The smallest absolute Gasteiger partial charge is 0.436 e. The zero-order chi connectivity index (χ0) is 20.9. The van der Waals surface area contributed by atoms with Crippen LogP contribution >= 0.6 is 28.1 Å². The fourth-order valence-electron chi connectivity index (χ4n) is 2.41. The van der Waals surface area contributed by atoms with E-state index in [0.29, 0.717) is 47.5 Å². The number of halogens is 4. The van der Waals surface area contributed by atoms with Crippen molar-refractivity contribution in [1.82, 2.24) is 15.1 Å². The number of methoxy groups -OCH3 is 2. The maximum Gasteiger partial charge on any atom is 0.436 e. The van der Waals surface area contributed by atoms with E-state index in [0.717, 1.165) is 0 Å². The third kappa shape index (κ3) is 5.74. The molecule has 0 atom stereocenters. The second kappa shape index (κ2) is 9.46. The molecule has 11 heteroatoms. The average molecular weight is 481 g/mol. The van der Waals surface area contributed by atoms with E-state index >= 15 is 0 Å². The Kier molecular flexibility index (Phi) is 7.53. The van der Waals surface area contributed by atoms with E-state index in [1.54, 1.807) is 39.3 Å². The van der Waals surface area contributed by atoms with Crippen LogP contribution in [0.1, 0.15) is 17.8 Å². The van der Waals surface area contributed by atoms with Crippen molar-refractivity contribution < 1.29 is 22.6 Å². The molecule has 0 spiro atoms. The molecular formula is C17H20BrF3N4O2S. The van der Waals surface area contributed by atoms with Gasteiger partial charge < -0.3 is 20.1 Å². The van der Waals surface area contributed by atoms with Crippen molar-refractivity contribution in [3.63, 3.8) is 0 Å². The Morgan fingerprint density at radius 2 is 1.82 bits per heavy atom. The van der Waals surface area contributed by atoms with Crippen LogP contribution in [-0.2, 0) is 12.7 Å². The lowest BCUT2D eigenvalue weighted by atomic mass is 10.3. The zero-order valence-corrected chi connectivity index (χ0v) is 17.9. The summed E-state index contributed by atoms with van der Waals surface area (Å²) in [6.07, 6.45) is -3.95. The summed E-state index contributed by atoms with van der Waals surface area (Å²) in [6.45, 7) is 2.37. The molecule has 6 nitrogen and oxygen atoms in total. The SMILES string of the molecule is COc1cc(NC(=S)NCCCn2nc(C(F)(F)F)c(Br)c2C)cc(OC)c1. The van der Waals surface area contributed by atoms with Gasteiger partial charge in [0, 0.05) is 37.0 Å². The van der Waals surface area contributed by atoms with Crippen LogP contribution in [0.5, 0.6) is 11.5 Å². The van der Waals surface area contributed by atoms with Crippen molar-refractivity contribution in [2.45, 2.75) is 26.1 Å². The first-order valence-corrected chi connectivity index (χ1v) is 9.44. The van der Waals surface area contributed by atoms with Crippen molar-refractivity contribution in [2.24, 2.45) is 0 Å². The first kappa shape index (κ1) is 22.3. The van der Waals surface area contributed by atoms with Gasteiger partial charge in [0.15, 0.2) is 10.8 Å². The molecule has 0 fully saturated rings. The number of ether oxygens (including phenoxy) is 2. The highest BCUT2D eigenvalue weighted by molar-refractivity contribution is 9.10. The summed E-state index contributed by atoms with van der Waals surface area (Å²) in [6, 6.07) is 5.26. The summed E-state index contributed by atoms with van der Waals surface area (Å²) < 4.78 is 50.4. The van der Waals surface area contributed by atoms with Crippen LogP contribution in [0, 0.1) is 6.92 Å². The van der Waals surface area contributed by atoms with Crippen molar-refractivity contribution in [3.8, 4) is 11.5 Å². The standard InChI is InChI=1S/C17H20BrF3N4O2S/c1-10-14(18)15(17(19,20)21)24-25(10)6-4-5-22-16(28)23-11-7-12(26-2)9-13(8-11)27-3/h7-9H,4-6H2,1-3H3,(H2,22,23,28). The largest absolute Gasteiger partial charge is 0.497 e. The number of nitrogens with zero attached hydrogens (tertiary/aromatic N) is 2. The molecule has 0 saturated carbocycles. The number of aromatic nitrogens is 2. The summed E-state index contributed by atoms with van der Waals surface area (Å²) in [5.41, 5.74) is 0.203. The highest BCUT2D eigenvalue weighted by Gasteiger charge is 2.37. The van der Waals surface area contributed by atoms with Crippen molar-refractivity contribution in [2.75, 3.05) is 26.1 Å². The molecule has 0 saturated heterocycles. The molecule has 1 heterocycles. The number of thiocarbonyl (C=S) groups is 1. The van der Waals surface area contributed by atoms with Gasteiger partial charge >= 0.3 is 6.18 Å². The number of hydrogen-bond acceptors (Lipinski definition) is 4. The summed E-state index contributed by atoms with van der Waals surface area (Å²) >= 11 is 8.20. The van der Waals surface area contributed by atoms with Gasteiger partial charge in [-0.05, 0) is 41.5 Å². The predicted molar refractivity (Wildman–Crippen MR) is 108 cm³/mol. The van der Waals surface area contributed by atoms with Gasteiger partial charge in [-0.15, -0.1) is 0 Å². The lowest BCUT2D eigenvalue weighted by Crippen LogP contribution is -2.29. The lowest BCUT2D eigenvalue weighted by molar-refractivity contribution is -0.142. The van der Waals surface area contributed by atoms with Crippen LogP contribution < -0.4 is 20.1 Å². The van der Waals surface area contributed by atoms with Crippen LogP contribution in [0.2, 0.25) is 0 Å². The van der Waals surface area contributed by atoms with Gasteiger partial charge in [0.1, 0.15) is 11.5 Å².